The predicted octanol–water partition coefficient (Wildman–Crippen LogP) is 1.33. The minimum absolute atomic E-state index is 0.262. The Hall–Kier alpha value is -1.13. The molecule has 1 fully saturated rings. The number of nitrogens with two attached hydrogens (primary N) is 1. The Labute approximate surface area is 85.7 Å². The van der Waals surface area contributed by atoms with E-state index in [1.165, 1.54) is 0 Å². The van der Waals surface area contributed by atoms with Crippen LogP contribution >= 0.6 is 11.6 Å². The summed E-state index contributed by atoms with van der Waals surface area (Å²) in [6.07, 6.45) is 7.18. The van der Waals surface area contributed by atoms with Gasteiger partial charge in [-0.2, -0.15) is 0 Å². The van der Waals surface area contributed by atoms with Gasteiger partial charge in [-0.05, 0) is 24.4 Å². The minimum Gasteiger partial charge on any atom is -0.320 e. The number of hydrogen-bond donors (Lipinski definition) is 1. The molecule has 2 heterocycles. The molecule has 1 aliphatic carbocycles. The van der Waals surface area contributed by atoms with Gasteiger partial charge in [-0.3, -0.25) is 9.38 Å². The van der Waals surface area contributed by atoms with Crippen molar-refractivity contribution in [1.82, 2.24) is 14.4 Å². The van der Waals surface area contributed by atoms with Gasteiger partial charge in [-0.1, -0.05) is 0 Å². The predicted molar refractivity (Wildman–Crippen MR) is 53.1 cm³/mol. The number of aromatic nitrogens is 3. The molecule has 14 heavy (non-hydrogen) atoms. The maximum atomic E-state index is 6.09. The molecule has 0 unspecified atom stereocenters. The van der Waals surface area contributed by atoms with E-state index in [1.54, 1.807) is 23.0 Å². The van der Waals surface area contributed by atoms with Crippen LogP contribution in [0, 0.1) is 0 Å². The molecule has 1 saturated carbocycles. The Balaban J connectivity index is 2.34. The Morgan fingerprint density at radius 2 is 2.29 bits per heavy atom. The second-order valence-corrected chi connectivity index (χ2v) is 4.06. The first-order chi connectivity index (χ1) is 6.71. The van der Waals surface area contributed by atoms with Crippen molar-refractivity contribution < 1.29 is 0 Å². The third kappa shape index (κ3) is 0.980. The summed E-state index contributed by atoms with van der Waals surface area (Å²) in [7, 11) is 0. The molecule has 0 spiro atoms. The number of imidazole rings is 1. The van der Waals surface area contributed by atoms with Gasteiger partial charge in [0, 0.05) is 12.4 Å². The molecular formula is C9H9ClN4. The quantitative estimate of drug-likeness (QED) is 0.769. The highest BCUT2D eigenvalue weighted by molar-refractivity contribution is 6.28. The molecule has 1 aliphatic rings. The second kappa shape index (κ2) is 2.46. The van der Waals surface area contributed by atoms with Gasteiger partial charge in [-0.15, -0.1) is 0 Å². The lowest BCUT2D eigenvalue weighted by molar-refractivity contribution is 0.721. The highest BCUT2D eigenvalue weighted by atomic mass is 35.5. The van der Waals surface area contributed by atoms with Gasteiger partial charge in [0.25, 0.3) is 0 Å². The zero-order chi connectivity index (χ0) is 9.76. The zero-order valence-electron chi connectivity index (χ0n) is 7.44. The van der Waals surface area contributed by atoms with Gasteiger partial charge in [0.05, 0.1) is 22.9 Å². The standard InChI is InChI=1S/C9H9ClN4/c10-8-13-7(9(11)1-2-9)6-5-12-3-4-14(6)8/h3-5H,1-2,11H2. The van der Waals surface area contributed by atoms with E-state index in [0.29, 0.717) is 5.28 Å². The number of fused-ring (bicyclic) bond motifs is 1. The molecule has 0 atom stereocenters. The van der Waals surface area contributed by atoms with Gasteiger partial charge < -0.3 is 5.73 Å². The van der Waals surface area contributed by atoms with Crippen LogP contribution in [-0.2, 0) is 5.54 Å². The van der Waals surface area contributed by atoms with Crippen molar-refractivity contribution >= 4 is 17.1 Å². The zero-order valence-corrected chi connectivity index (χ0v) is 8.20. The third-order valence-electron chi connectivity index (χ3n) is 2.66. The lowest BCUT2D eigenvalue weighted by Gasteiger charge is -2.03. The van der Waals surface area contributed by atoms with Crippen LogP contribution in [0.15, 0.2) is 18.6 Å². The molecule has 0 aromatic carbocycles. The molecule has 0 amide bonds. The summed E-state index contributed by atoms with van der Waals surface area (Å²) < 4.78 is 1.80. The van der Waals surface area contributed by atoms with Gasteiger partial charge in [0.2, 0.25) is 5.28 Å². The smallest absolute Gasteiger partial charge is 0.207 e. The molecule has 2 N–H and O–H groups in total. The summed E-state index contributed by atoms with van der Waals surface area (Å²) in [6.45, 7) is 0. The molecule has 0 bridgehead atoms. The van der Waals surface area contributed by atoms with E-state index < -0.39 is 0 Å². The molecule has 2 aromatic heterocycles. The van der Waals surface area contributed by atoms with E-state index in [9.17, 15) is 0 Å². The highest BCUT2D eigenvalue weighted by Crippen LogP contribution is 2.44. The highest BCUT2D eigenvalue weighted by Gasteiger charge is 2.43. The molecule has 4 nitrogen and oxygen atoms in total. The molecule has 3 rings (SSSR count). The normalized spacial score (nSPS) is 18.7. The molecule has 0 radical (unpaired) electrons. The largest absolute Gasteiger partial charge is 0.320 e. The fraction of sp³-hybridized carbons (Fsp3) is 0.333. The van der Waals surface area contributed by atoms with E-state index in [1.807, 2.05) is 0 Å². The van der Waals surface area contributed by atoms with E-state index in [4.69, 9.17) is 17.3 Å². The van der Waals surface area contributed by atoms with Crippen LogP contribution in [0.2, 0.25) is 5.28 Å². The molecule has 2 aromatic rings. The summed E-state index contributed by atoms with van der Waals surface area (Å²) in [5.74, 6) is 0. The van der Waals surface area contributed by atoms with Crippen molar-refractivity contribution in [2.24, 2.45) is 5.73 Å². The monoisotopic (exact) mass is 208 g/mol. The third-order valence-corrected chi connectivity index (χ3v) is 2.93. The van der Waals surface area contributed by atoms with Crippen LogP contribution in [0.4, 0.5) is 0 Å². The fourth-order valence-electron chi connectivity index (χ4n) is 1.64. The second-order valence-electron chi connectivity index (χ2n) is 3.72. The average molecular weight is 209 g/mol. The number of hydrogen-bond acceptors (Lipinski definition) is 3. The topological polar surface area (TPSA) is 56.2 Å². The summed E-state index contributed by atoms with van der Waals surface area (Å²) in [5.41, 5.74) is 7.61. The molecule has 72 valence electrons. The number of rotatable bonds is 1. The minimum atomic E-state index is -0.262. The first-order valence-corrected chi connectivity index (χ1v) is 4.85. The van der Waals surface area contributed by atoms with Crippen LogP contribution in [0.1, 0.15) is 18.5 Å². The Bertz CT molecular complexity index is 500. The van der Waals surface area contributed by atoms with Gasteiger partial charge >= 0.3 is 0 Å². The van der Waals surface area contributed by atoms with E-state index in [-0.39, 0.29) is 5.54 Å². The van der Waals surface area contributed by atoms with Crippen molar-refractivity contribution in [3.8, 4) is 0 Å². The maximum absolute atomic E-state index is 6.09. The van der Waals surface area contributed by atoms with Gasteiger partial charge in [-0.25, -0.2) is 4.98 Å². The van der Waals surface area contributed by atoms with Crippen LogP contribution in [0.3, 0.4) is 0 Å². The van der Waals surface area contributed by atoms with E-state index in [2.05, 4.69) is 9.97 Å². The van der Waals surface area contributed by atoms with Crippen LogP contribution in [0.25, 0.3) is 5.52 Å². The molecule has 5 heteroatoms. The Morgan fingerprint density at radius 3 is 3.00 bits per heavy atom. The molecule has 0 aliphatic heterocycles. The summed E-state index contributed by atoms with van der Waals surface area (Å²) in [6, 6.07) is 0. The fourth-order valence-corrected chi connectivity index (χ4v) is 1.87. The SMILES string of the molecule is NC1(c2nc(Cl)n3ccncc23)CC1. The van der Waals surface area contributed by atoms with Crippen molar-refractivity contribution in [3.05, 3.63) is 29.6 Å². The Morgan fingerprint density at radius 1 is 1.50 bits per heavy atom. The van der Waals surface area contributed by atoms with Crippen LogP contribution in [0.5, 0.6) is 0 Å². The van der Waals surface area contributed by atoms with Crippen molar-refractivity contribution in [3.63, 3.8) is 0 Å². The Kier molecular flexibility index (Phi) is 1.44. The lowest BCUT2D eigenvalue weighted by Crippen LogP contribution is -2.19. The summed E-state index contributed by atoms with van der Waals surface area (Å²) in [5, 5.41) is 0.453. The first kappa shape index (κ1) is 8.20. The maximum Gasteiger partial charge on any atom is 0.207 e. The van der Waals surface area contributed by atoms with Crippen molar-refractivity contribution in [2.45, 2.75) is 18.4 Å². The van der Waals surface area contributed by atoms with Crippen LogP contribution in [-0.4, -0.2) is 14.4 Å². The molecular weight excluding hydrogens is 200 g/mol. The molecule has 0 saturated heterocycles. The van der Waals surface area contributed by atoms with Crippen molar-refractivity contribution in [2.75, 3.05) is 0 Å². The van der Waals surface area contributed by atoms with E-state index >= 15 is 0 Å². The first-order valence-electron chi connectivity index (χ1n) is 4.48. The average Bonchev–Trinajstić information content (AvgIpc) is 2.84. The number of nitrogens with zero attached hydrogens (tertiary/aromatic N) is 3. The number of halogens is 1. The van der Waals surface area contributed by atoms with Crippen molar-refractivity contribution in [1.29, 1.82) is 0 Å². The summed E-state index contributed by atoms with van der Waals surface area (Å²) in [4.78, 5) is 8.34. The summed E-state index contributed by atoms with van der Waals surface area (Å²) >= 11 is 5.98. The van der Waals surface area contributed by atoms with Gasteiger partial charge in [0.1, 0.15) is 0 Å². The van der Waals surface area contributed by atoms with E-state index in [0.717, 1.165) is 24.1 Å². The van der Waals surface area contributed by atoms with Crippen LogP contribution < -0.4 is 5.73 Å². The lowest BCUT2D eigenvalue weighted by atomic mass is 10.2. The van der Waals surface area contributed by atoms with Gasteiger partial charge in [0.15, 0.2) is 0 Å².